The monoisotopic (exact) mass is 235 g/mol. The number of rotatable bonds is 1. The van der Waals surface area contributed by atoms with Crippen LogP contribution in [0.3, 0.4) is 0 Å². The topological polar surface area (TPSA) is 98.8 Å². The van der Waals surface area contributed by atoms with Gasteiger partial charge in [-0.05, 0) is 17.0 Å². The van der Waals surface area contributed by atoms with E-state index in [0.717, 1.165) is 0 Å². The molecule has 0 aliphatic rings. The van der Waals surface area contributed by atoms with Gasteiger partial charge >= 0.3 is 5.97 Å². The van der Waals surface area contributed by atoms with Crippen molar-refractivity contribution < 1.29 is 9.90 Å². The van der Waals surface area contributed by atoms with Crippen LogP contribution in [0, 0.1) is 0 Å². The number of hydrogen-bond acceptors (Lipinski definition) is 3. The molecule has 0 aromatic carbocycles. The summed E-state index contributed by atoms with van der Waals surface area (Å²) in [6, 6.07) is 1.45. The predicted molar refractivity (Wildman–Crippen MR) is 62.4 cm³/mol. The molecule has 0 bridgehead atoms. The smallest absolute Gasteiger partial charge is 0.354 e. The highest BCUT2D eigenvalue weighted by molar-refractivity contribution is 5.90. The third-order valence-corrected chi connectivity index (χ3v) is 2.57. The first kappa shape index (κ1) is 11.4. The van der Waals surface area contributed by atoms with Crippen molar-refractivity contribution in [3.05, 3.63) is 27.7 Å². The Morgan fingerprint density at radius 1 is 1.35 bits per heavy atom. The van der Waals surface area contributed by atoms with Crippen LogP contribution in [0.1, 0.15) is 36.8 Å². The molecule has 2 aromatic heterocycles. The molecule has 3 N–H and O–H groups in total. The Kier molecular flexibility index (Phi) is 2.30. The molecule has 2 aromatic rings. The van der Waals surface area contributed by atoms with Crippen LogP contribution >= 0.6 is 0 Å². The quantitative estimate of drug-likeness (QED) is 0.692. The maximum Gasteiger partial charge on any atom is 0.354 e. The molecular formula is C11H13N3O3. The summed E-state index contributed by atoms with van der Waals surface area (Å²) in [6.07, 6.45) is 0. The highest BCUT2D eigenvalue weighted by Crippen LogP contribution is 2.27. The third-order valence-electron chi connectivity index (χ3n) is 2.57. The van der Waals surface area contributed by atoms with Gasteiger partial charge in [-0.2, -0.15) is 0 Å². The van der Waals surface area contributed by atoms with E-state index in [1.54, 1.807) is 0 Å². The zero-order valence-electron chi connectivity index (χ0n) is 9.79. The number of nitrogens with zero attached hydrogens (tertiary/aromatic N) is 1. The molecule has 6 nitrogen and oxygen atoms in total. The lowest BCUT2D eigenvalue weighted by Crippen LogP contribution is -2.17. The highest BCUT2D eigenvalue weighted by Gasteiger charge is 2.23. The number of hydrogen-bond donors (Lipinski definition) is 3. The minimum absolute atomic E-state index is 0.0716. The molecule has 90 valence electrons. The summed E-state index contributed by atoms with van der Waals surface area (Å²) in [5.74, 6) is -1.11. The van der Waals surface area contributed by atoms with Crippen LogP contribution < -0.4 is 5.56 Å². The molecule has 17 heavy (non-hydrogen) atoms. The molecule has 0 aliphatic carbocycles. The van der Waals surface area contributed by atoms with Gasteiger partial charge in [0.15, 0.2) is 11.3 Å². The van der Waals surface area contributed by atoms with Crippen molar-refractivity contribution in [3.8, 4) is 0 Å². The van der Waals surface area contributed by atoms with E-state index in [4.69, 9.17) is 5.11 Å². The Hall–Kier alpha value is -2.11. The van der Waals surface area contributed by atoms with Crippen molar-refractivity contribution in [3.63, 3.8) is 0 Å². The molecule has 0 unspecified atom stereocenters. The van der Waals surface area contributed by atoms with Crippen molar-refractivity contribution in [2.24, 2.45) is 0 Å². The van der Waals surface area contributed by atoms with Gasteiger partial charge in [-0.3, -0.25) is 15.0 Å². The fraction of sp³-hybridized carbons (Fsp3) is 0.364. The molecule has 0 radical (unpaired) electrons. The highest BCUT2D eigenvalue weighted by atomic mass is 16.4. The van der Waals surface area contributed by atoms with Gasteiger partial charge in [0.2, 0.25) is 0 Å². The van der Waals surface area contributed by atoms with E-state index >= 15 is 0 Å². The molecule has 2 rings (SSSR count). The summed E-state index contributed by atoms with van der Waals surface area (Å²) < 4.78 is 0. The summed E-state index contributed by atoms with van der Waals surface area (Å²) in [5.41, 5.74) is 0.259. The largest absolute Gasteiger partial charge is 0.477 e. The van der Waals surface area contributed by atoms with E-state index in [1.807, 2.05) is 20.8 Å². The number of carboxylic acids is 1. The van der Waals surface area contributed by atoms with Crippen molar-refractivity contribution >= 4 is 17.0 Å². The van der Waals surface area contributed by atoms with Gasteiger partial charge in [0.05, 0.1) is 5.39 Å². The van der Waals surface area contributed by atoms with Crippen LogP contribution in [-0.4, -0.2) is 26.3 Å². The average molecular weight is 235 g/mol. The van der Waals surface area contributed by atoms with Gasteiger partial charge in [0.25, 0.3) is 5.56 Å². The number of carbonyl (C=O) groups is 1. The van der Waals surface area contributed by atoms with Crippen LogP contribution in [0.5, 0.6) is 0 Å². The lowest BCUT2D eigenvalue weighted by Gasteiger charge is -2.19. The number of aromatic nitrogens is 3. The van der Waals surface area contributed by atoms with Crippen LogP contribution in [0.4, 0.5) is 0 Å². The minimum Gasteiger partial charge on any atom is -0.477 e. The second kappa shape index (κ2) is 3.44. The van der Waals surface area contributed by atoms with Crippen molar-refractivity contribution in [2.45, 2.75) is 26.2 Å². The fourth-order valence-electron chi connectivity index (χ4n) is 1.74. The number of fused-ring (bicyclic) bond motifs is 1. The number of aromatic amines is 2. The molecule has 0 saturated carbocycles. The summed E-state index contributed by atoms with van der Waals surface area (Å²) in [4.78, 5) is 26.5. The first-order valence-electron chi connectivity index (χ1n) is 5.16. The maximum absolute atomic E-state index is 11.7. The normalized spacial score (nSPS) is 11.9. The Morgan fingerprint density at radius 3 is 2.53 bits per heavy atom. The van der Waals surface area contributed by atoms with Gasteiger partial charge in [0, 0.05) is 0 Å². The molecule has 0 aliphatic heterocycles. The van der Waals surface area contributed by atoms with Crippen LogP contribution in [0.15, 0.2) is 10.9 Å². The van der Waals surface area contributed by atoms with Crippen molar-refractivity contribution in [1.82, 2.24) is 15.2 Å². The van der Waals surface area contributed by atoms with E-state index < -0.39 is 5.97 Å². The summed E-state index contributed by atoms with van der Waals surface area (Å²) in [5, 5.41) is 14.4. The lowest BCUT2D eigenvalue weighted by atomic mass is 9.85. The number of carboxylic acid groups (broad SMARTS) is 1. The number of aromatic carboxylic acids is 1. The first-order chi connectivity index (χ1) is 7.80. The molecule has 2 heterocycles. The van der Waals surface area contributed by atoms with Gasteiger partial charge in [-0.15, -0.1) is 0 Å². The predicted octanol–water partition coefficient (Wildman–Crippen LogP) is 1.25. The Labute approximate surface area is 96.7 Å². The second-order valence-corrected chi connectivity index (χ2v) is 4.91. The van der Waals surface area contributed by atoms with Gasteiger partial charge < -0.3 is 5.11 Å². The standard InChI is InChI=1S/C11H13N3O3/c1-11(2,3)5-4-6(10(16)17)12-8-7(5)9(15)14-13-8/h4H,1-3H3,(H,16,17)(H2,12,13,14,15). The van der Waals surface area contributed by atoms with E-state index in [-0.39, 0.29) is 22.3 Å². The van der Waals surface area contributed by atoms with Gasteiger partial charge in [-0.1, -0.05) is 20.8 Å². The Morgan fingerprint density at radius 2 is 2.00 bits per heavy atom. The summed E-state index contributed by atoms with van der Waals surface area (Å²) in [7, 11) is 0. The molecule has 0 atom stereocenters. The Balaban J connectivity index is 2.91. The maximum atomic E-state index is 11.7. The molecule has 6 heteroatoms. The van der Waals surface area contributed by atoms with Crippen molar-refractivity contribution in [1.29, 1.82) is 0 Å². The lowest BCUT2D eigenvalue weighted by molar-refractivity contribution is 0.0690. The third kappa shape index (κ3) is 1.82. The van der Waals surface area contributed by atoms with Crippen molar-refractivity contribution in [2.75, 3.05) is 0 Å². The number of nitrogens with one attached hydrogen (secondary N) is 2. The molecular weight excluding hydrogens is 222 g/mol. The van der Waals surface area contributed by atoms with E-state index in [2.05, 4.69) is 15.2 Å². The second-order valence-electron chi connectivity index (χ2n) is 4.91. The number of pyridine rings is 1. The van der Waals surface area contributed by atoms with E-state index in [0.29, 0.717) is 10.9 Å². The van der Waals surface area contributed by atoms with Crippen LogP contribution in [0.25, 0.3) is 11.0 Å². The SMILES string of the molecule is CC(C)(C)c1cc(C(=O)O)nc2[nH][nH]c(=O)c12. The first-order valence-corrected chi connectivity index (χ1v) is 5.16. The number of H-pyrrole nitrogens is 2. The van der Waals surface area contributed by atoms with E-state index in [1.165, 1.54) is 6.07 Å². The van der Waals surface area contributed by atoms with Gasteiger partial charge in [-0.25, -0.2) is 9.78 Å². The van der Waals surface area contributed by atoms with E-state index in [9.17, 15) is 9.59 Å². The fourth-order valence-corrected chi connectivity index (χ4v) is 1.74. The van der Waals surface area contributed by atoms with Gasteiger partial charge in [0.1, 0.15) is 0 Å². The molecule has 0 spiro atoms. The molecule has 0 saturated heterocycles. The zero-order valence-corrected chi connectivity index (χ0v) is 9.79. The van der Waals surface area contributed by atoms with Crippen LogP contribution in [0.2, 0.25) is 0 Å². The molecule has 0 amide bonds. The minimum atomic E-state index is -1.11. The molecule has 0 fully saturated rings. The summed E-state index contributed by atoms with van der Waals surface area (Å²) >= 11 is 0. The Bertz CT molecular complexity index is 646. The summed E-state index contributed by atoms with van der Waals surface area (Å²) in [6.45, 7) is 5.75. The zero-order chi connectivity index (χ0) is 12.8. The van der Waals surface area contributed by atoms with Crippen LogP contribution in [-0.2, 0) is 5.41 Å². The average Bonchev–Trinajstić information content (AvgIpc) is 2.58.